The molecule has 27 heavy (non-hydrogen) atoms. The number of hydrogen-bond acceptors (Lipinski definition) is 6. The molecule has 0 aliphatic heterocycles. The molecule has 1 amide bonds. The third-order valence-corrected chi connectivity index (χ3v) is 3.77. The number of Topliss-reactive ketones (excluding diaryl/α,β-unsaturated/α-hetero) is 1. The van der Waals surface area contributed by atoms with Crippen molar-refractivity contribution in [2.45, 2.75) is 12.8 Å². The molecule has 2 rings (SSSR count). The van der Waals surface area contributed by atoms with Crippen molar-refractivity contribution in [3.05, 3.63) is 69.2 Å². The van der Waals surface area contributed by atoms with Crippen LogP contribution in [0, 0.1) is 10.1 Å². The molecule has 0 spiro atoms. The lowest BCUT2D eigenvalue weighted by Crippen LogP contribution is -2.17. The average Bonchev–Trinajstić information content (AvgIpc) is 2.65. The summed E-state index contributed by atoms with van der Waals surface area (Å²) in [4.78, 5) is 45.6. The van der Waals surface area contributed by atoms with Gasteiger partial charge in [0.05, 0.1) is 16.4 Å². The first-order valence-electron chi connectivity index (χ1n) is 7.84. The van der Waals surface area contributed by atoms with Crippen LogP contribution in [0.2, 0.25) is 5.02 Å². The number of nitro groups is 1. The number of nitro benzene ring substituents is 1. The summed E-state index contributed by atoms with van der Waals surface area (Å²) < 4.78 is 4.85. The van der Waals surface area contributed by atoms with Gasteiger partial charge in [-0.15, -0.1) is 0 Å². The van der Waals surface area contributed by atoms with Crippen molar-refractivity contribution in [1.82, 2.24) is 0 Å². The van der Waals surface area contributed by atoms with E-state index in [0.717, 1.165) is 0 Å². The second-order valence-electron chi connectivity index (χ2n) is 5.42. The van der Waals surface area contributed by atoms with Crippen LogP contribution in [0.15, 0.2) is 48.5 Å². The van der Waals surface area contributed by atoms with Gasteiger partial charge in [0.25, 0.3) is 5.69 Å². The van der Waals surface area contributed by atoms with Crippen LogP contribution in [0.1, 0.15) is 23.2 Å². The smallest absolute Gasteiger partial charge is 0.306 e. The van der Waals surface area contributed by atoms with Gasteiger partial charge in [0.1, 0.15) is 0 Å². The van der Waals surface area contributed by atoms with E-state index in [-0.39, 0.29) is 34.8 Å². The highest BCUT2D eigenvalue weighted by Crippen LogP contribution is 2.17. The monoisotopic (exact) mass is 390 g/mol. The van der Waals surface area contributed by atoms with Gasteiger partial charge in [-0.2, -0.15) is 0 Å². The maximum atomic E-state index is 11.9. The molecule has 1 N–H and O–H groups in total. The minimum Gasteiger partial charge on any atom is -0.457 e. The Labute approximate surface area is 159 Å². The van der Waals surface area contributed by atoms with E-state index in [0.29, 0.717) is 0 Å². The van der Waals surface area contributed by atoms with E-state index < -0.39 is 29.2 Å². The Bertz CT molecular complexity index is 884. The maximum Gasteiger partial charge on any atom is 0.306 e. The number of ether oxygens (including phenoxy) is 1. The Balaban J connectivity index is 1.77. The Morgan fingerprint density at radius 3 is 2.52 bits per heavy atom. The number of carbonyl (C=O) groups excluding carboxylic acids is 3. The van der Waals surface area contributed by atoms with Crippen molar-refractivity contribution in [3.8, 4) is 0 Å². The molecule has 9 heteroatoms. The van der Waals surface area contributed by atoms with Crippen molar-refractivity contribution in [1.29, 1.82) is 0 Å². The zero-order valence-electron chi connectivity index (χ0n) is 14.0. The van der Waals surface area contributed by atoms with Gasteiger partial charge in [-0.3, -0.25) is 24.5 Å². The van der Waals surface area contributed by atoms with E-state index >= 15 is 0 Å². The molecule has 0 saturated heterocycles. The molecule has 0 atom stereocenters. The predicted molar refractivity (Wildman–Crippen MR) is 97.7 cm³/mol. The highest BCUT2D eigenvalue weighted by molar-refractivity contribution is 6.34. The van der Waals surface area contributed by atoms with Gasteiger partial charge in [-0.25, -0.2) is 0 Å². The molecule has 0 bridgehead atoms. The van der Waals surface area contributed by atoms with Crippen molar-refractivity contribution in [3.63, 3.8) is 0 Å². The van der Waals surface area contributed by atoms with Crippen molar-refractivity contribution < 1.29 is 24.0 Å². The number of ketones is 1. The van der Waals surface area contributed by atoms with Crippen LogP contribution in [0.25, 0.3) is 0 Å². The van der Waals surface area contributed by atoms with Crippen LogP contribution >= 0.6 is 11.6 Å². The summed E-state index contributed by atoms with van der Waals surface area (Å²) >= 11 is 5.89. The van der Waals surface area contributed by atoms with E-state index in [2.05, 4.69) is 5.32 Å². The first kappa shape index (κ1) is 20.1. The lowest BCUT2D eigenvalue weighted by molar-refractivity contribution is -0.384. The fourth-order valence-corrected chi connectivity index (χ4v) is 2.36. The molecule has 0 heterocycles. The first-order chi connectivity index (χ1) is 12.9. The Morgan fingerprint density at radius 1 is 1.07 bits per heavy atom. The van der Waals surface area contributed by atoms with Crippen LogP contribution in [0.4, 0.5) is 11.4 Å². The largest absolute Gasteiger partial charge is 0.457 e. The number of nitrogens with one attached hydrogen (secondary N) is 1. The van der Waals surface area contributed by atoms with Gasteiger partial charge >= 0.3 is 5.97 Å². The summed E-state index contributed by atoms with van der Waals surface area (Å²) in [6.07, 6.45) is -0.432. The quantitative estimate of drug-likeness (QED) is 0.319. The Hall–Kier alpha value is -3.26. The van der Waals surface area contributed by atoms with Crippen LogP contribution in [-0.2, 0) is 14.3 Å². The molecule has 0 unspecified atom stereocenters. The first-order valence-corrected chi connectivity index (χ1v) is 8.22. The molecule has 0 radical (unpaired) electrons. The molecule has 0 saturated carbocycles. The van der Waals surface area contributed by atoms with Crippen LogP contribution < -0.4 is 5.32 Å². The number of halogens is 1. The van der Waals surface area contributed by atoms with Gasteiger partial charge in [-0.1, -0.05) is 29.8 Å². The van der Waals surface area contributed by atoms with E-state index in [1.807, 2.05) is 0 Å². The standard InChI is InChI=1S/C18H15ClN2O6/c19-15-7-2-1-6-14(15)16(22)11-27-18(24)9-8-17(23)20-12-4-3-5-13(10-12)21(25)26/h1-7,10H,8-9,11H2,(H,20,23). The second-order valence-corrected chi connectivity index (χ2v) is 5.83. The fraction of sp³-hybridized carbons (Fsp3) is 0.167. The number of carbonyl (C=O) groups is 3. The molecule has 2 aromatic carbocycles. The summed E-state index contributed by atoms with van der Waals surface area (Å²) in [6.45, 7) is -0.477. The van der Waals surface area contributed by atoms with E-state index in [9.17, 15) is 24.5 Å². The third-order valence-electron chi connectivity index (χ3n) is 3.44. The van der Waals surface area contributed by atoms with Crippen LogP contribution in [0.3, 0.4) is 0 Å². The van der Waals surface area contributed by atoms with Crippen molar-refractivity contribution in [2.75, 3.05) is 11.9 Å². The number of benzene rings is 2. The normalized spacial score (nSPS) is 10.1. The van der Waals surface area contributed by atoms with Crippen molar-refractivity contribution >= 4 is 40.6 Å². The van der Waals surface area contributed by atoms with Crippen LogP contribution in [-0.4, -0.2) is 29.2 Å². The lowest BCUT2D eigenvalue weighted by atomic mass is 10.1. The topological polar surface area (TPSA) is 116 Å². The minimum atomic E-state index is -0.718. The van der Waals surface area contributed by atoms with E-state index in [1.165, 1.54) is 30.3 Å². The highest BCUT2D eigenvalue weighted by Gasteiger charge is 2.14. The summed E-state index contributed by atoms with van der Waals surface area (Å²) in [5, 5.41) is 13.4. The average molecular weight is 391 g/mol. The van der Waals surface area contributed by atoms with Gasteiger partial charge in [0.15, 0.2) is 6.61 Å². The van der Waals surface area contributed by atoms with Gasteiger partial charge in [0, 0.05) is 29.8 Å². The molecule has 0 aliphatic carbocycles. The number of anilines is 1. The zero-order chi connectivity index (χ0) is 19.8. The predicted octanol–water partition coefficient (Wildman–Crippen LogP) is 3.39. The van der Waals surface area contributed by atoms with E-state index in [1.54, 1.807) is 18.2 Å². The van der Waals surface area contributed by atoms with Gasteiger partial charge in [-0.05, 0) is 18.2 Å². The number of amides is 1. The molecule has 8 nitrogen and oxygen atoms in total. The molecular formula is C18H15ClN2O6. The summed E-state index contributed by atoms with van der Waals surface area (Å²) in [6, 6.07) is 11.8. The Kier molecular flexibility index (Phi) is 7.01. The van der Waals surface area contributed by atoms with Gasteiger partial charge < -0.3 is 10.1 Å². The fourth-order valence-electron chi connectivity index (χ4n) is 2.12. The summed E-state index contributed by atoms with van der Waals surface area (Å²) in [5.41, 5.74) is 0.331. The summed E-state index contributed by atoms with van der Waals surface area (Å²) in [7, 11) is 0. The summed E-state index contributed by atoms with van der Waals surface area (Å²) in [5.74, 6) is -1.68. The number of esters is 1. The number of hydrogen-bond donors (Lipinski definition) is 1. The number of non-ortho nitro benzene ring substituents is 1. The Morgan fingerprint density at radius 2 is 1.81 bits per heavy atom. The van der Waals surface area contributed by atoms with Crippen molar-refractivity contribution in [2.24, 2.45) is 0 Å². The molecule has 0 aromatic heterocycles. The maximum absolute atomic E-state index is 11.9. The lowest BCUT2D eigenvalue weighted by Gasteiger charge is -2.07. The second kappa shape index (κ2) is 9.44. The number of nitrogens with zero attached hydrogens (tertiary/aromatic N) is 1. The van der Waals surface area contributed by atoms with E-state index in [4.69, 9.17) is 16.3 Å². The van der Waals surface area contributed by atoms with Crippen LogP contribution in [0.5, 0.6) is 0 Å². The molecular weight excluding hydrogens is 376 g/mol. The zero-order valence-corrected chi connectivity index (χ0v) is 14.8. The minimum absolute atomic E-state index is 0.162. The third kappa shape index (κ3) is 6.19. The molecule has 140 valence electrons. The van der Waals surface area contributed by atoms with Gasteiger partial charge in [0.2, 0.25) is 11.7 Å². The molecule has 2 aromatic rings. The molecule has 0 aliphatic rings. The molecule has 0 fully saturated rings. The SMILES string of the molecule is O=C(CCC(=O)OCC(=O)c1ccccc1Cl)Nc1cccc([N+](=O)[O-])c1. The highest BCUT2D eigenvalue weighted by atomic mass is 35.5. The number of rotatable bonds is 8.